The van der Waals surface area contributed by atoms with Gasteiger partial charge >= 0.3 is 0 Å². The zero-order valence-corrected chi connectivity index (χ0v) is 18.6. The van der Waals surface area contributed by atoms with Crippen LogP contribution in [0.3, 0.4) is 0 Å². The smallest absolute Gasteiger partial charge is 0.241 e. The van der Waals surface area contributed by atoms with Gasteiger partial charge in [-0.1, -0.05) is 39.7 Å². The van der Waals surface area contributed by atoms with E-state index in [0.29, 0.717) is 22.5 Å². The largest absolute Gasteiger partial charge is 0.486 e. The van der Waals surface area contributed by atoms with E-state index in [1.807, 2.05) is 24.3 Å². The Kier molecular flexibility index (Phi) is 6.20. The fourth-order valence-corrected chi connectivity index (χ4v) is 3.61. The first-order valence-corrected chi connectivity index (χ1v) is 10.4. The molecule has 0 bridgehead atoms. The van der Waals surface area contributed by atoms with Gasteiger partial charge in [-0.15, -0.1) is 5.10 Å². The standard InChI is InChI=1S/C22H16BrClFN3O3/c1-30-22-15-8-13(10-26-21(15)27-28-22)9-17(29)19-16(24)6-7-18(20(19)25)31-11-12-2-4-14(23)5-3-12/h2-8,10H,9,11H2,1H3,(H,26,27,28). The molecule has 31 heavy (non-hydrogen) atoms. The minimum absolute atomic E-state index is 0.0217. The monoisotopic (exact) mass is 503 g/mol. The predicted octanol–water partition coefficient (Wildman–Crippen LogP) is 5.53. The van der Waals surface area contributed by atoms with Gasteiger partial charge in [0.25, 0.3) is 0 Å². The summed E-state index contributed by atoms with van der Waals surface area (Å²) in [6, 6.07) is 12.0. The van der Waals surface area contributed by atoms with Crippen LogP contribution in [0, 0.1) is 5.82 Å². The fourth-order valence-electron chi connectivity index (χ4n) is 3.09. The summed E-state index contributed by atoms with van der Waals surface area (Å²) in [5.41, 5.74) is 1.75. The van der Waals surface area contributed by atoms with Crippen LogP contribution >= 0.6 is 27.5 Å². The van der Waals surface area contributed by atoms with Gasteiger partial charge in [-0.05, 0) is 41.5 Å². The average Bonchev–Trinajstić information content (AvgIpc) is 3.17. The number of Topliss-reactive ketones (excluding diaryl/α,β-unsaturated/α-hetero) is 1. The summed E-state index contributed by atoms with van der Waals surface area (Å²) in [5.74, 6) is -0.949. The minimum Gasteiger partial charge on any atom is -0.486 e. The van der Waals surface area contributed by atoms with Crippen LogP contribution in [0.2, 0.25) is 5.02 Å². The number of carbonyl (C=O) groups is 1. The normalized spacial score (nSPS) is 11.0. The number of methoxy groups -OCH3 is 1. The number of halogens is 3. The number of rotatable bonds is 7. The van der Waals surface area contributed by atoms with E-state index in [2.05, 4.69) is 31.1 Å². The van der Waals surface area contributed by atoms with Crippen molar-refractivity contribution < 1.29 is 18.7 Å². The molecule has 0 unspecified atom stereocenters. The third-order valence-electron chi connectivity index (χ3n) is 4.64. The number of hydrogen-bond donors (Lipinski definition) is 1. The molecule has 0 aliphatic heterocycles. The molecule has 0 fully saturated rings. The summed E-state index contributed by atoms with van der Waals surface area (Å²) < 4.78 is 26.8. The SMILES string of the molecule is COc1n[nH]c2ncc(CC(=O)c3c(Cl)ccc(OCc4ccc(Br)cc4)c3F)cc12. The van der Waals surface area contributed by atoms with Crippen molar-refractivity contribution in [2.45, 2.75) is 13.0 Å². The molecule has 0 saturated heterocycles. The average molecular weight is 505 g/mol. The van der Waals surface area contributed by atoms with E-state index in [9.17, 15) is 4.79 Å². The van der Waals surface area contributed by atoms with Crippen molar-refractivity contribution in [3.05, 3.63) is 80.7 Å². The van der Waals surface area contributed by atoms with Crippen molar-refractivity contribution in [2.24, 2.45) is 0 Å². The van der Waals surface area contributed by atoms with Gasteiger partial charge in [0, 0.05) is 17.1 Å². The quantitative estimate of drug-likeness (QED) is 0.335. The predicted molar refractivity (Wildman–Crippen MR) is 118 cm³/mol. The Morgan fingerprint density at radius 3 is 2.71 bits per heavy atom. The molecule has 158 valence electrons. The first kappa shape index (κ1) is 21.3. The molecule has 4 aromatic rings. The number of benzene rings is 2. The maximum atomic E-state index is 15.1. The number of ether oxygens (including phenoxy) is 2. The number of carbonyl (C=O) groups excluding carboxylic acids is 1. The van der Waals surface area contributed by atoms with E-state index in [0.717, 1.165) is 10.0 Å². The number of nitrogens with one attached hydrogen (secondary N) is 1. The molecule has 0 atom stereocenters. The van der Waals surface area contributed by atoms with Gasteiger partial charge in [-0.2, -0.15) is 0 Å². The van der Waals surface area contributed by atoms with Crippen LogP contribution in [-0.2, 0) is 13.0 Å². The lowest BCUT2D eigenvalue weighted by Gasteiger charge is -2.12. The molecule has 0 radical (unpaired) electrons. The lowest BCUT2D eigenvalue weighted by molar-refractivity contribution is 0.0988. The molecule has 0 saturated carbocycles. The Bertz CT molecular complexity index is 1260. The number of ketones is 1. The minimum atomic E-state index is -0.787. The highest BCUT2D eigenvalue weighted by molar-refractivity contribution is 9.10. The van der Waals surface area contributed by atoms with Crippen LogP contribution in [0.5, 0.6) is 11.6 Å². The van der Waals surface area contributed by atoms with Crippen LogP contribution in [0.1, 0.15) is 21.5 Å². The van der Waals surface area contributed by atoms with E-state index in [1.54, 1.807) is 6.07 Å². The van der Waals surface area contributed by atoms with Crippen LogP contribution in [0.4, 0.5) is 4.39 Å². The zero-order valence-electron chi connectivity index (χ0n) is 16.3. The Hall–Kier alpha value is -2.97. The van der Waals surface area contributed by atoms with Crippen LogP contribution in [0.25, 0.3) is 11.0 Å². The highest BCUT2D eigenvalue weighted by Crippen LogP contribution is 2.30. The van der Waals surface area contributed by atoms with Crippen LogP contribution in [0.15, 0.2) is 53.1 Å². The highest BCUT2D eigenvalue weighted by Gasteiger charge is 2.21. The van der Waals surface area contributed by atoms with Gasteiger partial charge in [0.2, 0.25) is 5.88 Å². The summed E-state index contributed by atoms with van der Waals surface area (Å²) in [6.07, 6.45) is 1.43. The maximum Gasteiger partial charge on any atom is 0.241 e. The van der Waals surface area contributed by atoms with Gasteiger partial charge in [-0.3, -0.25) is 9.89 Å². The molecule has 0 aliphatic carbocycles. The summed E-state index contributed by atoms with van der Waals surface area (Å²) in [7, 11) is 1.49. The molecule has 0 aliphatic rings. The molecule has 4 rings (SSSR count). The second kappa shape index (κ2) is 9.03. The second-order valence-corrected chi connectivity index (χ2v) is 8.05. The van der Waals surface area contributed by atoms with Crippen molar-refractivity contribution in [1.29, 1.82) is 0 Å². The second-order valence-electron chi connectivity index (χ2n) is 6.72. The number of fused-ring (bicyclic) bond motifs is 1. The Labute approximate surface area is 190 Å². The van der Waals surface area contributed by atoms with Gasteiger partial charge in [0.1, 0.15) is 6.61 Å². The van der Waals surface area contributed by atoms with Gasteiger partial charge in [0.05, 0.1) is 23.1 Å². The maximum absolute atomic E-state index is 15.1. The third kappa shape index (κ3) is 4.55. The molecular weight excluding hydrogens is 489 g/mol. The van der Waals surface area contributed by atoms with Gasteiger partial charge < -0.3 is 9.47 Å². The molecule has 2 heterocycles. The van der Waals surface area contributed by atoms with Crippen molar-refractivity contribution in [2.75, 3.05) is 7.11 Å². The lowest BCUT2D eigenvalue weighted by atomic mass is 10.0. The Balaban J connectivity index is 1.56. The van der Waals surface area contributed by atoms with Crippen molar-refractivity contribution in [3.8, 4) is 11.6 Å². The number of nitrogens with zero attached hydrogens (tertiary/aromatic N) is 2. The van der Waals surface area contributed by atoms with Crippen LogP contribution < -0.4 is 9.47 Å². The molecular formula is C22H16BrClFN3O3. The van der Waals surface area contributed by atoms with E-state index in [-0.39, 0.29) is 29.4 Å². The van der Waals surface area contributed by atoms with Crippen molar-refractivity contribution in [1.82, 2.24) is 15.2 Å². The Morgan fingerprint density at radius 1 is 1.19 bits per heavy atom. The molecule has 2 aromatic carbocycles. The summed E-state index contributed by atoms with van der Waals surface area (Å²) in [4.78, 5) is 17.1. The van der Waals surface area contributed by atoms with Crippen LogP contribution in [-0.4, -0.2) is 28.1 Å². The molecule has 1 N–H and O–H groups in total. The number of aromatic nitrogens is 3. The molecule has 6 nitrogen and oxygen atoms in total. The van der Waals surface area contributed by atoms with Crippen molar-refractivity contribution >= 4 is 44.3 Å². The Morgan fingerprint density at radius 2 is 1.97 bits per heavy atom. The number of aromatic amines is 1. The first-order valence-electron chi connectivity index (χ1n) is 9.21. The summed E-state index contributed by atoms with van der Waals surface area (Å²) in [5, 5.41) is 7.38. The van der Waals surface area contributed by atoms with E-state index >= 15 is 4.39 Å². The van der Waals surface area contributed by atoms with Gasteiger partial charge in [0.15, 0.2) is 23.0 Å². The highest BCUT2D eigenvalue weighted by atomic mass is 79.9. The number of pyridine rings is 1. The lowest BCUT2D eigenvalue weighted by Crippen LogP contribution is -2.09. The first-order chi connectivity index (χ1) is 15.0. The van der Waals surface area contributed by atoms with Crippen molar-refractivity contribution in [3.63, 3.8) is 0 Å². The number of hydrogen-bond acceptors (Lipinski definition) is 5. The zero-order chi connectivity index (χ0) is 22.0. The molecule has 0 amide bonds. The molecule has 0 spiro atoms. The van der Waals surface area contributed by atoms with E-state index in [1.165, 1.54) is 25.4 Å². The number of H-pyrrole nitrogens is 1. The fraction of sp³-hybridized carbons (Fsp3) is 0.136. The van der Waals surface area contributed by atoms with E-state index < -0.39 is 11.6 Å². The molecule has 2 aromatic heterocycles. The van der Waals surface area contributed by atoms with Gasteiger partial charge in [-0.25, -0.2) is 9.37 Å². The topological polar surface area (TPSA) is 77.1 Å². The molecule has 9 heteroatoms. The third-order valence-corrected chi connectivity index (χ3v) is 5.48. The summed E-state index contributed by atoms with van der Waals surface area (Å²) >= 11 is 9.51. The summed E-state index contributed by atoms with van der Waals surface area (Å²) in [6.45, 7) is 0.153. The van der Waals surface area contributed by atoms with E-state index in [4.69, 9.17) is 21.1 Å².